The van der Waals surface area contributed by atoms with Crippen LogP contribution >= 0.6 is 27.7 Å². The fourth-order valence-electron chi connectivity index (χ4n) is 3.25. The Labute approximate surface area is 175 Å². The molecular formula is C21H19BrFN3OS. The van der Waals surface area contributed by atoms with Crippen molar-refractivity contribution in [3.8, 4) is 0 Å². The van der Waals surface area contributed by atoms with Crippen LogP contribution in [0.4, 0.5) is 10.1 Å². The summed E-state index contributed by atoms with van der Waals surface area (Å²) < 4.78 is 15.0. The predicted octanol–water partition coefficient (Wildman–Crippen LogP) is 4.94. The molecule has 144 valence electrons. The summed E-state index contributed by atoms with van der Waals surface area (Å²) in [5, 5.41) is 3.98. The van der Waals surface area contributed by atoms with Crippen LogP contribution in [0.25, 0.3) is 10.9 Å². The summed E-state index contributed by atoms with van der Waals surface area (Å²) in [7, 11) is 0. The van der Waals surface area contributed by atoms with Crippen LogP contribution in [-0.4, -0.2) is 40.4 Å². The van der Waals surface area contributed by atoms with Gasteiger partial charge in [-0.3, -0.25) is 9.78 Å². The number of rotatable bonds is 4. The van der Waals surface area contributed by atoms with Crippen molar-refractivity contribution >= 4 is 50.2 Å². The maximum absolute atomic E-state index is 14.0. The number of anilines is 1. The molecule has 0 bridgehead atoms. The molecule has 1 saturated heterocycles. The molecule has 4 rings (SSSR count). The minimum absolute atomic E-state index is 0.0581. The highest BCUT2D eigenvalue weighted by Gasteiger charge is 2.23. The Kier molecular flexibility index (Phi) is 5.82. The molecule has 7 heteroatoms. The molecule has 0 aliphatic carbocycles. The second-order valence-corrected chi connectivity index (χ2v) is 8.73. The number of aromatic nitrogens is 1. The fraction of sp³-hybridized carbons (Fsp3) is 0.238. The first-order valence-corrected chi connectivity index (χ1v) is 11.0. The highest BCUT2D eigenvalue weighted by atomic mass is 79.9. The van der Waals surface area contributed by atoms with Crippen LogP contribution in [0.5, 0.6) is 0 Å². The highest BCUT2D eigenvalue weighted by Crippen LogP contribution is 2.29. The lowest BCUT2D eigenvalue weighted by molar-refractivity contribution is 0.0773. The van der Waals surface area contributed by atoms with Crippen LogP contribution in [-0.2, 0) is 6.54 Å². The number of halogens is 2. The number of fused-ring (bicyclic) bond motifs is 1. The van der Waals surface area contributed by atoms with E-state index in [0.717, 1.165) is 34.6 Å². The van der Waals surface area contributed by atoms with Gasteiger partial charge in [-0.15, -0.1) is 0 Å². The van der Waals surface area contributed by atoms with E-state index in [2.05, 4.69) is 26.2 Å². The quantitative estimate of drug-likeness (QED) is 0.600. The van der Waals surface area contributed by atoms with E-state index >= 15 is 0 Å². The van der Waals surface area contributed by atoms with E-state index in [-0.39, 0.29) is 11.7 Å². The lowest BCUT2D eigenvalue weighted by Gasteiger charge is -2.27. The van der Waals surface area contributed by atoms with Crippen molar-refractivity contribution in [2.45, 2.75) is 6.54 Å². The summed E-state index contributed by atoms with van der Waals surface area (Å²) in [4.78, 5) is 19.4. The molecular weight excluding hydrogens is 441 g/mol. The normalized spacial score (nSPS) is 14.3. The van der Waals surface area contributed by atoms with Gasteiger partial charge in [0.05, 0.1) is 16.8 Å². The first kappa shape index (κ1) is 19.2. The molecule has 1 fully saturated rings. The zero-order valence-corrected chi connectivity index (χ0v) is 17.5. The number of carbonyl (C=O) groups is 1. The van der Waals surface area contributed by atoms with Gasteiger partial charge in [-0.1, -0.05) is 28.1 Å². The summed E-state index contributed by atoms with van der Waals surface area (Å²) in [6.07, 6.45) is 1.61. The molecule has 1 aliphatic rings. The van der Waals surface area contributed by atoms with Crippen LogP contribution < -0.4 is 5.32 Å². The summed E-state index contributed by atoms with van der Waals surface area (Å²) >= 11 is 5.28. The molecule has 1 amide bonds. The number of nitrogens with one attached hydrogen (secondary N) is 1. The predicted molar refractivity (Wildman–Crippen MR) is 116 cm³/mol. The van der Waals surface area contributed by atoms with Crippen molar-refractivity contribution in [3.05, 3.63) is 70.1 Å². The van der Waals surface area contributed by atoms with Gasteiger partial charge in [0, 0.05) is 47.2 Å². The number of hydrogen-bond donors (Lipinski definition) is 1. The monoisotopic (exact) mass is 459 g/mol. The first-order valence-electron chi connectivity index (χ1n) is 9.05. The van der Waals surface area contributed by atoms with Crippen LogP contribution in [0.3, 0.4) is 0 Å². The third-order valence-corrected chi connectivity index (χ3v) is 6.21. The smallest absolute Gasteiger partial charge is 0.257 e. The molecule has 0 unspecified atom stereocenters. The van der Waals surface area contributed by atoms with E-state index < -0.39 is 0 Å². The van der Waals surface area contributed by atoms with Crippen LogP contribution in [0.15, 0.2) is 53.1 Å². The van der Waals surface area contributed by atoms with Crippen molar-refractivity contribution in [1.82, 2.24) is 9.88 Å². The van der Waals surface area contributed by atoms with E-state index in [0.29, 0.717) is 28.7 Å². The van der Waals surface area contributed by atoms with Crippen molar-refractivity contribution < 1.29 is 9.18 Å². The lowest BCUT2D eigenvalue weighted by atomic mass is 10.1. The zero-order chi connectivity index (χ0) is 19.5. The second kappa shape index (κ2) is 8.49. The summed E-state index contributed by atoms with van der Waals surface area (Å²) in [6, 6.07) is 12.4. The molecule has 1 aliphatic heterocycles. The van der Waals surface area contributed by atoms with E-state index in [1.807, 2.05) is 40.9 Å². The number of thioether (sulfide) groups is 1. The number of benzene rings is 2. The van der Waals surface area contributed by atoms with Crippen molar-refractivity contribution in [2.75, 3.05) is 29.9 Å². The van der Waals surface area contributed by atoms with Gasteiger partial charge in [0.15, 0.2) is 0 Å². The molecule has 1 N–H and O–H groups in total. The summed E-state index contributed by atoms with van der Waals surface area (Å²) in [5.41, 5.74) is 2.85. The van der Waals surface area contributed by atoms with Crippen molar-refractivity contribution in [2.24, 2.45) is 0 Å². The molecule has 2 aromatic carbocycles. The molecule has 28 heavy (non-hydrogen) atoms. The van der Waals surface area contributed by atoms with Gasteiger partial charge in [0.25, 0.3) is 5.91 Å². The topological polar surface area (TPSA) is 45.2 Å². The molecule has 2 heterocycles. The fourth-order valence-corrected chi connectivity index (χ4v) is 4.41. The second-order valence-electron chi connectivity index (χ2n) is 6.59. The molecule has 4 nitrogen and oxygen atoms in total. The van der Waals surface area contributed by atoms with Gasteiger partial charge in [-0.2, -0.15) is 11.8 Å². The highest BCUT2D eigenvalue weighted by molar-refractivity contribution is 9.10. The van der Waals surface area contributed by atoms with Gasteiger partial charge < -0.3 is 10.2 Å². The maximum atomic E-state index is 14.0. The number of hydrogen-bond acceptors (Lipinski definition) is 4. The molecule has 0 spiro atoms. The van der Waals surface area contributed by atoms with Crippen LogP contribution in [0.1, 0.15) is 15.9 Å². The Morgan fingerprint density at radius 2 is 1.93 bits per heavy atom. The summed E-state index contributed by atoms with van der Waals surface area (Å²) in [5.74, 6) is 1.46. The van der Waals surface area contributed by atoms with Crippen molar-refractivity contribution in [3.63, 3.8) is 0 Å². The van der Waals surface area contributed by atoms with Crippen LogP contribution in [0, 0.1) is 5.82 Å². The van der Waals surface area contributed by atoms with Gasteiger partial charge in [-0.25, -0.2) is 4.39 Å². The summed E-state index contributed by atoms with van der Waals surface area (Å²) in [6.45, 7) is 1.96. The van der Waals surface area contributed by atoms with Crippen LogP contribution in [0.2, 0.25) is 0 Å². The number of pyridine rings is 1. The average Bonchev–Trinajstić information content (AvgIpc) is 2.73. The van der Waals surface area contributed by atoms with E-state index in [4.69, 9.17) is 0 Å². The third-order valence-electron chi connectivity index (χ3n) is 4.74. The molecule has 1 aromatic heterocycles. The Hall–Kier alpha value is -2.12. The van der Waals surface area contributed by atoms with Crippen molar-refractivity contribution in [1.29, 1.82) is 0 Å². The zero-order valence-electron chi connectivity index (χ0n) is 15.1. The Morgan fingerprint density at radius 1 is 1.18 bits per heavy atom. The molecule has 3 aromatic rings. The number of nitrogens with zero attached hydrogens (tertiary/aromatic N) is 2. The number of carbonyl (C=O) groups excluding carboxylic acids is 1. The van der Waals surface area contributed by atoms with Gasteiger partial charge in [0.2, 0.25) is 0 Å². The SMILES string of the molecule is O=C(c1cnc2ccc(F)cc2c1NCc1ccc(Br)cc1)N1CCSCC1. The molecule has 0 saturated carbocycles. The Balaban J connectivity index is 1.72. The standard InChI is InChI=1S/C21H19BrFN3OS/c22-15-3-1-14(2-4-15)12-25-20-17-11-16(23)5-6-19(17)24-13-18(20)21(27)26-7-9-28-10-8-26/h1-6,11,13H,7-10,12H2,(H,24,25). The first-order chi connectivity index (χ1) is 13.6. The molecule has 0 radical (unpaired) electrons. The third kappa shape index (κ3) is 4.15. The van der Waals surface area contributed by atoms with Gasteiger partial charge in [0.1, 0.15) is 5.82 Å². The Bertz CT molecular complexity index is 1010. The van der Waals surface area contributed by atoms with Gasteiger partial charge in [-0.05, 0) is 35.9 Å². The van der Waals surface area contributed by atoms with E-state index in [9.17, 15) is 9.18 Å². The Morgan fingerprint density at radius 3 is 2.68 bits per heavy atom. The van der Waals surface area contributed by atoms with Gasteiger partial charge >= 0.3 is 0 Å². The minimum Gasteiger partial charge on any atom is -0.380 e. The average molecular weight is 460 g/mol. The lowest BCUT2D eigenvalue weighted by Crippen LogP contribution is -2.38. The van der Waals surface area contributed by atoms with E-state index in [1.165, 1.54) is 12.1 Å². The minimum atomic E-state index is -0.347. The number of amides is 1. The maximum Gasteiger partial charge on any atom is 0.257 e. The molecule has 0 atom stereocenters. The van der Waals surface area contributed by atoms with E-state index in [1.54, 1.807) is 12.3 Å². The largest absolute Gasteiger partial charge is 0.380 e.